The minimum atomic E-state index is 0.227. The van der Waals surface area contributed by atoms with Crippen LogP contribution in [0.3, 0.4) is 0 Å². The topological polar surface area (TPSA) is 9.23 Å². The fraction of sp³-hybridized carbons (Fsp3) is 0.429. The maximum Gasteiger partial charge on any atom is 0.0899 e. The molecule has 4 rings (SSSR count). The van der Waals surface area contributed by atoms with Gasteiger partial charge in [-0.2, -0.15) is 0 Å². The Morgan fingerprint density at radius 1 is 0.864 bits per heavy atom. The van der Waals surface area contributed by atoms with Gasteiger partial charge < -0.3 is 4.74 Å². The summed E-state index contributed by atoms with van der Waals surface area (Å²) >= 11 is 0. The normalized spacial score (nSPS) is 26.8. The number of benzene rings is 2. The van der Waals surface area contributed by atoms with E-state index in [2.05, 4.69) is 62.4 Å². The molecule has 1 nitrogen and oxygen atoms in total. The van der Waals surface area contributed by atoms with Crippen LogP contribution < -0.4 is 0 Å². The summed E-state index contributed by atoms with van der Waals surface area (Å²) in [4.78, 5) is 0. The zero-order valence-electron chi connectivity index (χ0n) is 13.5. The van der Waals surface area contributed by atoms with Crippen LogP contribution in [-0.2, 0) is 17.6 Å². The lowest BCUT2D eigenvalue weighted by atomic mass is 9.73. The van der Waals surface area contributed by atoms with E-state index in [0.29, 0.717) is 17.8 Å². The summed E-state index contributed by atoms with van der Waals surface area (Å²) in [6.07, 6.45) is 2.48. The quantitative estimate of drug-likeness (QED) is 0.725. The molecule has 1 fully saturated rings. The van der Waals surface area contributed by atoms with Crippen LogP contribution in [0.2, 0.25) is 0 Å². The van der Waals surface area contributed by atoms with E-state index in [-0.39, 0.29) is 6.10 Å². The summed E-state index contributed by atoms with van der Waals surface area (Å²) in [6.45, 7) is 5.56. The summed E-state index contributed by atoms with van der Waals surface area (Å²) in [7, 11) is 0. The van der Waals surface area contributed by atoms with Gasteiger partial charge in [-0.3, -0.25) is 0 Å². The van der Waals surface area contributed by atoms with Crippen molar-refractivity contribution in [2.24, 2.45) is 11.8 Å². The predicted molar refractivity (Wildman–Crippen MR) is 90.1 cm³/mol. The summed E-state index contributed by atoms with van der Waals surface area (Å²) < 4.78 is 6.35. The Balaban J connectivity index is 1.88. The van der Waals surface area contributed by atoms with E-state index in [1.54, 1.807) is 0 Å². The SMILES string of the molecule is CC(C)C1COC2c3ccccc3CCc3ccccc3C21. The Labute approximate surface area is 133 Å². The van der Waals surface area contributed by atoms with E-state index in [4.69, 9.17) is 4.74 Å². The Kier molecular flexibility index (Phi) is 3.54. The van der Waals surface area contributed by atoms with E-state index in [1.807, 2.05) is 0 Å². The number of ether oxygens (including phenoxy) is 1. The molecule has 2 aliphatic rings. The molecular formula is C21H24O. The third-order valence-electron chi connectivity index (χ3n) is 5.55. The van der Waals surface area contributed by atoms with Gasteiger partial charge in [0.15, 0.2) is 0 Å². The van der Waals surface area contributed by atoms with Gasteiger partial charge in [-0.25, -0.2) is 0 Å². The molecule has 1 aliphatic heterocycles. The molecule has 0 bridgehead atoms. The first-order chi connectivity index (χ1) is 10.8. The van der Waals surface area contributed by atoms with Crippen LogP contribution in [0.1, 0.15) is 48.1 Å². The molecule has 3 atom stereocenters. The van der Waals surface area contributed by atoms with Crippen molar-refractivity contribution in [3.05, 3.63) is 70.8 Å². The lowest BCUT2D eigenvalue weighted by Gasteiger charge is -2.31. The summed E-state index contributed by atoms with van der Waals surface area (Å²) in [6, 6.07) is 17.9. The first kappa shape index (κ1) is 14.0. The van der Waals surface area contributed by atoms with E-state index < -0.39 is 0 Å². The van der Waals surface area contributed by atoms with Crippen LogP contribution in [0.25, 0.3) is 0 Å². The highest BCUT2D eigenvalue weighted by atomic mass is 16.5. The minimum Gasteiger partial charge on any atom is -0.373 e. The average molecular weight is 292 g/mol. The molecule has 1 saturated heterocycles. The van der Waals surface area contributed by atoms with Crippen molar-refractivity contribution < 1.29 is 4.74 Å². The summed E-state index contributed by atoms with van der Waals surface area (Å²) in [5.41, 5.74) is 5.93. The molecule has 114 valence electrons. The Morgan fingerprint density at radius 2 is 1.45 bits per heavy atom. The smallest absolute Gasteiger partial charge is 0.0899 e. The second kappa shape index (κ2) is 5.55. The molecule has 0 aromatic heterocycles. The van der Waals surface area contributed by atoms with Crippen LogP contribution >= 0.6 is 0 Å². The van der Waals surface area contributed by atoms with Gasteiger partial charge >= 0.3 is 0 Å². The fourth-order valence-corrected chi connectivity index (χ4v) is 4.33. The molecular weight excluding hydrogens is 268 g/mol. The fourth-order valence-electron chi connectivity index (χ4n) is 4.33. The molecule has 22 heavy (non-hydrogen) atoms. The molecule has 0 amide bonds. The van der Waals surface area contributed by atoms with Gasteiger partial charge in [0.2, 0.25) is 0 Å². The molecule has 1 heterocycles. The van der Waals surface area contributed by atoms with E-state index >= 15 is 0 Å². The second-order valence-corrected chi connectivity index (χ2v) is 7.09. The maximum atomic E-state index is 6.35. The molecule has 0 N–H and O–H groups in total. The van der Waals surface area contributed by atoms with Gasteiger partial charge in [-0.1, -0.05) is 62.4 Å². The highest BCUT2D eigenvalue weighted by Gasteiger charge is 2.42. The van der Waals surface area contributed by atoms with E-state index in [9.17, 15) is 0 Å². The molecule has 0 saturated carbocycles. The number of rotatable bonds is 1. The van der Waals surface area contributed by atoms with Crippen LogP contribution in [0.5, 0.6) is 0 Å². The Bertz CT molecular complexity index is 673. The lowest BCUT2D eigenvalue weighted by Crippen LogP contribution is -2.21. The van der Waals surface area contributed by atoms with Crippen LogP contribution in [0.4, 0.5) is 0 Å². The second-order valence-electron chi connectivity index (χ2n) is 7.09. The molecule has 0 radical (unpaired) electrons. The zero-order valence-corrected chi connectivity index (χ0v) is 13.5. The van der Waals surface area contributed by atoms with Crippen LogP contribution in [0, 0.1) is 11.8 Å². The summed E-state index contributed by atoms with van der Waals surface area (Å²) in [5.74, 6) is 1.75. The molecule has 0 spiro atoms. The number of hydrogen-bond acceptors (Lipinski definition) is 1. The van der Waals surface area contributed by atoms with Crippen molar-refractivity contribution in [3.8, 4) is 0 Å². The molecule has 2 aromatic rings. The minimum absolute atomic E-state index is 0.227. The van der Waals surface area contributed by atoms with Crippen molar-refractivity contribution in [2.45, 2.75) is 38.7 Å². The third-order valence-corrected chi connectivity index (χ3v) is 5.55. The van der Waals surface area contributed by atoms with Gasteiger partial charge in [0.05, 0.1) is 12.7 Å². The van der Waals surface area contributed by atoms with Crippen molar-refractivity contribution in [2.75, 3.05) is 6.61 Å². The zero-order chi connectivity index (χ0) is 15.1. The van der Waals surface area contributed by atoms with Crippen molar-refractivity contribution >= 4 is 0 Å². The first-order valence-electron chi connectivity index (χ1n) is 8.53. The van der Waals surface area contributed by atoms with Crippen molar-refractivity contribution in [1.82, 2.24) is 0 Å². The Hall–Kier alpha value is -1.60. The van der Waals surface area contributed by atoms with Gasteiger partial charge in [-0.05, 0) is 46.9 Å². The predicted octanol–water partition coefficient (Wildman–Crippen LogP) is 4.91. The number of fused-ring (bicyclic) bond motifs is 5. The van der Waals surface area contributed by atoms with Gasteiger partial charge in [0.25, 0.3) is 0 Å². The summed E-state index contributed by atoms with van der Waals surface area (Å²) in [5, 5.41) is 0. The highest BCUT2D eigenvalue weighted by Crippen LogP contribution is 2.50. The monoisotopic (exact) mass is 292 g/mol. The van der Waals surface area contributed by atoms with Gasteiger partial charge in [0.1, 0.15) is 0 Å². The molecule has 2 aromatic carbocycles. The van der Waals surface area contributed by atoms with Gasteiger partial charge in [0, 0.05) is 5.92 Å². The first-order valence-corrected chi connectivity index (χ1v) is 8.53. The Morgan fingerprint density at radius 3 is 2.14 bits per heavy atom. The molecule has 1 aliphatic carbocycles. The third kappa shape index (κ3) is 2.19. The number of hydrogen-bond donors (Lipinski definition) is 0. The standard InChI is InChI=1S/C21H24O/c1-14(2)19-13-22-21-18-10-6-4-8-16(18)12-11-15-7-3-5-9-17(15)20(19)21/h3-10,14,19-21H,11-13H2,1-2H3. The molecule has 3 unspecified atom stereocenters. The molecule has 1 heteroatoms. The van der Waals surface area contributed by atoms with Gasteiger partial charge in [-0.15, -0.1) is 0 Å². The van der Waals surface area contributed by atoms with Crippen LogP contribution in [-0.4, -0.2) is 6.61 Å². The van der Waals surface area contributed by atoms with Crippen molar-refractivity contribution in [1.29, 1.82) is 0 Å². The maximum absolute atomic E-state index is 6.35. The van der Waals surface area contributed by atoms with E-state index in [0.717, 1.165) is 19.4 Å². The van der Waals surface area contributed by atoms with E-state index in [1.165, 1.54) is 22.3 Å². The van der Waals surface area contributed by atoms with Crippen LogP contribution in [0.15, 0.2) is 48.5 Å². The largest absolute Gasteiger partial charge is 0.373 e. The lowest BCUT2D eigenvalue weighted by molar-refractivity contribution is 0.0985. The van der Waals surface area contributed by atoms with Crippen molar-refractivity contribution in [3.63, 3.8) is 0 Å². The highest BCUT2D eigenvalue weighted by molar-refractivity contribution is 5.41. The number of aryl methyl sites for hydroxylation is 2. The average Bonchev–Trinajstić information content (AvgIpc) is 2.96.